The molecule has 0 radical (unpaired) electrons. The van der Waals surface area contributed by atoms with E-state index >= 15 is 0 Å². The molecule has 0 amide bonds. The molecule has 1 atom stereocenters. The summed E-state index contributed by atoms with van der Waals surface area (Å²) in [6.07, 6.45) is 2.20. The number of nitrogens with zero attached hydrogens (tertiary/aromatic N) is 1. The highest BCUT2D eigenvalue weighted by molar-refractivity contribution is 14.0. The summed E-state index contributed by atoms with van der Waals surface area (Å²) >= 11 is 0. The van der Waals surface area contributed by atoms with Crippen molar-refractivity contribution >= 4 is 39.8 Å². The predicted octanol–water partition coefficient (Wildman–Crippen LogP) is 4.27. The predicted molar refractivity (Wildman–Crippen MR) is 139 cm³/mol. The van der Waals surface area contributed by atoms with E-state index in [9.17, 15) is 8.42 Å². The topological polar surface area (TPSA) is 79.8 Å². The van der Waals surface area contributed by atoms with E-state index in [0.717, 1.165) is 42.3 Å². The van der Waals surface area contributed by atoms with E-state index in [1.807, 2.05) is 38.1 Å². The normalized spacial score (nSPS) is 12.6. The van der Waals surface area contributed by atoms with Crippen molar-refractivity contribution in [1.29, 1.82) is 0 Å². The molecule has 0 bridgehead atoms. The summed E-state index contributed by atoms with van der Waals surface area (Å²) in [4.78, 5) is 5.01. The highest BCUT2D eigenvalue weighted by Crippen LogP contribution is 2.21. The largest absolute Gasteiger partial charge is 0.497 e. The molecule has 2 N–H and O–H groups in total. The molecule has 2 rings (SSSR count). The van der Waals surface area contributed by atoms with E-state index in [1.165, 1.54) is 11.8 Å². The van der Waals surface area contributed by atoms with Gasteiger partial charge in [0.05, 0.1) is 18.6 Å². The second-order valence-electron chi connectivity index (χ2n) is 7.46. The maximum absolute atomic E-state index is 11.8. The number of methoxy groups -OCH3 is 1. The van der Waals surface area contributed by atoms with Gasteiger partial charge in [-0.25, -0.2) is 13.4 Å². The quantitative estimate of drug-likeness (QED) is 0.273. The molecule has 0 aliphatic carbocycles. The van der Waals surface area contributed by atoms with Gasteiger partial charge in [-0.3, -0.25) is 0 Å². The molecule has 0 heterocycles. The molecule has 172 valence electrons. The van der Waals surface area contributed by atoms with Crippen LogP contribution in [0.1, 0.15) is 42.9 Å². The molecule has 0 fully saturated rings. The first kappa shape index (κ1) is 27.2. The van der Waals surface area contributed by atoms with Gasteiger partial charge in [0.25, 0.3) is 0 Å². The molecule has 6 nitrogen and oxygen atoms in total. The number of nitrogens with one attached hydrogen (secondary N) is 2. The number of aryl methyl sites for hydroxylation is 1. The zero-order valence-electron chi connectivity index (χ0n) is 18.9. The minimum Gasteiger partial charge on any atom is -0.497 e. The zero-order valence-corrected chi connectivity index (χ0v) is 22.1. The molecule has 2 aromatic rings. The standard InChI is InChI=1S/C23H33N3O3S.HI/c1-6-24-23(25-14-13-17(2)20-8-10-21(29-4)11-9-20)26-16-19-7-12-22(18(3)15-19)30(5,27)28;/h7-12,15,17H,6,13-14,16H2,1-5H3,(H2,24,25,26);1H. The van der Waals surface area contributed by atoms with Crippen molar-refractivity contribution in [3.8, 4) is 5.75 Å². The van der Waals surface area contributed by atoms with E-state index in [2.05, 4.69) is 34.7 Å². The zero-order chi connectivity index (χ0) is 22.1. The third kappa shape index (κ3) is 8.68. The summed E-state index contributed by atoms with van der Waals surface area (Å²) in [6, 6.07) is 13.5. The summed E-state index contributed by atoms with van der Waals surface area (Å²) in [5.41, 5.74) is 3.00. The Hall–Kier alpha value is -1.81. The Kier molecular flexibility index (Phi) is 11.3. The van der Waals surface area contributed by atoms with Crippen LogP contribution in [0.3, 0.4) is 0 Å². The van der Waals surface area contributed by atoms with Gasteiger partial charge in [0, 0.05) is 19.3 Å². The van der Waals surface area contributed by atoms with Crippen molar-refractivity contribution in [2.24, 2.45) is 4.99 Å². The van der Waals surface area contributed by atoms with Crippen LogP contribution in [0.15, 0.2) is 52.4 Å². The Bertz CT molecular complexity index is 961. The minimum atomic E-state index is -3.20. The van der Waals surface area contributed by atoms with Gasteiger partial charge < -0.3 is 15.4 Å². The number of aliphatic imine (C=N–C) groups is 1. The highest BCUT2D eigenvalue weighted by Gasteiger charge is 2.11. The summed E-state index contributed by atoms with van der Waals surface area (Å²) in [5.74, 6) is 2.03. The lowest BCUT2D eigenvalue weighted by atomic mass is 9.98. The number of hydrogen-bond donors (Lipinski definition) is 2. The molecule has 31 heavy (non-hydrogen) atoms. The van der Waals surface area contributed by atoms with Crippen LogP contribution in [0.4, 0.5) is 0 Å². The monoisotopic (exact) mass is 559 g/mol. The fraction of sp³-hybridized carbons (Fsp3) is 0.435. The lowest BCUT2D eigenvalue weighted by Crippen LogP contribution is -2.38. The molecular weight excluding hydrogens is 525 g/mol. The molecule has 0 aliphatic rings. The maximum atomic E-state index is 11.8. The van der Waals surface area contributed by atoms with Crippen LogP contribution in [0.2, 0.25) is 0 Å². The average molecular weight is 560 g/mol. The molecule has 0 aliphatic heterocycles. The minimum absolute atomic E-state index is 0. The number of benzene rings is 2. The molecule has 0 saturated carbocycles. The summed E-state index contributed by atoms with van der Waals surface area (Å²) in [7, 11) is -1.53. The van der Waals surface area contributed by atoms with Gasteiger partial charge in [-0.15, -0.1) is 24.0 Å². The van der Waals surface area contributed by atoms with Crippen LogP contribution < -0.4 is 15.4 Å². The third-order valence-corrected chi connectivity index (χ3v) is 6.21. The van der Waals surface area contributed by atoms with E-state index in [-0.39, 0.29) is 24.0 Å². The van der Waals surface area contributed by atoms with Crippen molar-refractivity contribution in [3.63, 3.8) is 0 Å². The van der Waals surface area contributed by atoms with E-state index in [4.69, 9.17) is 4.74 Å². The lowest BCUT2D eigenvalue weighted by Gasteiger charge is -2.15. The van der Waals surface area contributed by atoms with Crippen molar-refractivity contribution in [2.75, 3.05) is 26.5 Å². The smallest absolute Gasteiger partial charge is 0.191 e. The van der Waals surface area contributed by atoms with Crippen molar-refractivity contribution in [1.82, 2.24) is 10.6 Å². The number of halogens is 1. The average Bonchev–Trinajstić information content (AvgIpc) is 2.71. The van der Waals surface area contributed by atoms with Crippen LogP contribution in [-0.2, 0) is 16.4 Å². The van der Waals surface area contributed by atoms with Crippen LogP contribution in [0.5, 0.6) is 5.75 Å². The van der Waals surface area contributed by atoms with Crippen LogP contribution in [-0.4, -0.2) is 40.8 Å². The Morgan fingerprint density at radius 3 is 2.35 bits per heavy atom. The molecule has 0 spiro atoms. The van der Waals surface area contributed by atoms with E-state index < -0.39 is 9.84 Å². The Balaban J connectivity index is 0.00000480. The Morgan fingerprint density at radius 1 is 1.13 bits per heavy atom. The molecule has 1 unspecified atom stereocenters. The molecule has 0 saturated heterocycles. The summed E-state index contributed by atoms with van der Waals surface area (Å²) < 4.78 is 28.8. The van der Waals surface area contributed by atoms with Gasteiger partial charge in [0.15, 0.2) is 15.8 Å². The van der Waals surface area contributed by atoms with Crippen molar-refractivity contribution in [3.05, 3.63) is 59.2 Å². The summed E-state index contributed by atoms with van der Waals surface area (Å²) in [6.45, 7) is 8.10. The highest BCUT2D eigenvalue weighted by atomic mass is 127. The van der Waals surface area contributed by atoms with Gasteiger partial charge in [-0.2, -0.15) is 0 Å². The first-order valence-corrected chi connectivity index (χ1v) is 12.1. The number of guanidine groups is 1. The Labute approximate surface area is 203 Å². The maximum Gasteiger partial charge on any atom is 0.191 e. The van der Waals surface area contributed by atoms with E-state index in [1.54, 1.807) is 13.2 Å². The van der Waals surface area contributed by atoms with Gasteiger partial charge >= 0.3 is 0 Å². The van der Waals surface area contributed by atoms with E-state index in [0.29, 0.717) is 17.4 Å². The molecular formula is C23H34IN3O3S. The number of ether oxygens (including phenoxy) is 1. The van der Waals surface area contributed by atoms with Crippen LogP contribution >= 0.6 is 24.0 Å². The third-order valence-electron chi connectivity index (χ3n) is 4.96. The lowest BCUT2D eigenvalue weighted by molar-refractivity contribution is 0.414. The number of rotatable bonds is 9. The van der Waals surface area contributed by atoms with Crippen LogP contribution in [0.25, 0.3) is 0 Å². The fourth-order valence-corrected chi connectivity index (χ4v) is 4.20. The van der Waals surface area contributed by atoms with Crippen molar-refractivity contribution < 1.29 is 13.2 Å². The first-order chi connectivity index (χ1) is 14.2. The number of sulfone groups is 1. The van der Waals surface area contributed by atoms with Gasteiger partial charge in [0.2, 0.25) is 0 Å². The Morgan fingerprint density at radius 2 is 1.81 bits per heavy atom. The van der Waals surface area contributed by atoms with Gasteiger partial charge in [-0.05, 0) is 61.1 Å². The van der Waals surface area contributed by atoms with Gasteiger partial charge in [0.1, 0.15) is 5.75 Å². The molecule has 8 heteroatoms. The SMILES string of the molecule is CCNC(=NCc1ccc(S(C)(=O)=O)c(C)c1)NCCC(C)c1ccc(OC)cc1.I. The molecule has 2 aromatic carbocycles. The van der Waals surface area contributed by atoms with Gasteiger partial charge in [-0.1, -0.05) is 31.2 Å². The number of hydrogen-bond acceptors (Lipinski definition) is 4. The molecule has 0 aromatic heterocycles. The second kappa shape index (κ2) is 12.9. The van der Waals surface area contributed by atoms with Crippen LogP contribution in [0, 0.1) is 6.92 Å². The fourth-order valence-electron chi connectivity index (χ4n) is 3.24. The second-order valence-corrected chi connectivity index (χ2v) is 9.44. The first-order valence-electron chi connectivity index (χ1n) is 10.2. The van der Waals surface area contributed by atoms with Crippen molar-refractivity contribution in [2.45, 2.75) is 44.6 Å². The summed E-state index contributed by atoms with van der Waals surface area (Å²) in [5, 5.41) is 6.64.